The van der Waals surface area contributed by atoms with Gasteiger partial charge < -0.3 is 4.74 Å². The van der Waals surface area contributed by atoms with E-state index < -0.39 is 6.36 Å². The summed E-state index contributed by atoms with van der Waals surface area (Å²) in [5.41, 5.74) is 5.78. The number of halogens is 4. The number of nitrogens with zero attached hydrogens (tertiary/aromatic N) is 1. The van der Waals surface area contributed by atoms with Crippen LogP contribution in [-0.2, 0) is 6.54 Å². The molecular formula is C16H12BrF3N2O2. The highest BCUT2D eigenvalue weighted by Gasteiger charge is 2.31. The maximum atomic E-state index is 12.5. The maximum absolute atomic E-state index is 12.5. The molecule has 2 aromatic rings. The van der Waals surface area contributed by atoms with Crippen molar-refractivity contribution in [3.63, 3.8) is 0 Å². The van der Waals surface area contributed by atoms with Crippen molar-refractivity contribution < 1.29 is 22.7 Å². The Morgan fingerprint density at radius 1 is 1.21 bits per heavy atom. The van der Waals surface area contributed by atoms with Crippen LogP contribution in [0.1, 0.15) is 21.5 Å². The molecule has 0 aromatic heterocycles. The zero-order valence-electron chi connectivity index (χ0n) is 12.4. The summed E-state index contributed by atoms with van der Waals surface area (Å²) in [5, 5.41) is 1.42. The van der Waals surface area contributed by atoms with Gasteiger partial charge in [0, 0.05) is 10.0 Å². The molecule has 1 heterocycles. The quantitative estimate of drug-likeness (QED) is 0.815. The van der Waals surface area contributed by atoms with Crippen molar-refractivity contribution in [2.24, 2.45) is 0 Å². The smallest absolute Gasteiger partial charge is 0.406 e. The SMILES string of the molecule is Cc1cc(Br)cc2c1C(=O)N(Nc1ccc(OC(F)(F)F)cc1)C2. The summed E-state index contributed by atoms with van der Waals surface area (Å²) in [6.45, 7) is 2.23. The van der Waals surface area contributed by atoms with Crippen molar-refractivity contribution in [1.29, 1.82) is 0 Å². The average molecular weight is 401 g/mol. The van der Waals surface area contributed by atoms with Crippen LogP contribution >= 0.6 is 15.9 Å². The monoisotopic (exact) mass is 400 g/mol. The third-order valence-corrected chi connectivity index (χ3v) is 3.98. The number of rotatable bonds is 3. The van der Waals surface area contributed by atoms with E-state index in [1.54, 1.807) is 0 Å². The third kappa shape index (κ3) is 3.48. The van der Waals surface area contributed by atoms with Gasteiger partial charge in [0.05, 0.1) is 12.2 Å². The van der Waals surface area contributed by atoms with Gasteiger partial charge in [0.15, 0.2) is 0 Å². The number of alkyl halides is 3. The molecule has 8 heteroatoms. The summed E-state index contributed by atoms with van der Waals surface area (Å²) in [5.74, 6) is -0.491. The van der Waals surface area contributed by atoms with Gasteiger partial charge in [-0.3, -0.25) is 10.2 Å². The molecule has 126 valence electrons. The fraction of sp³-hybridized carbons (Fsp3) is 0.188. The Kier molecular flexibility index (Phi) is 4.16. The standard InChI is InChI=1S/C16H12BrF3N2O2/c1-9-6-11(17)7-10-8-22(15(23)14(9)10)21-12-2-4-13(5-3-12)24-16(18,19)20/h2-7,21H,8H2,1H3. The van der Waals surface area contributed by atoms with Crippen molar-refractivity contribution in [3.8, 4) is 5.75 Å². The van der Waals surface area contributed by atoms with Gasteiger partial charge in [0.1, 0.15) is 5.75 Å². The Morgan fingerprint density at radius 3 is 2.50 bits per heavy atom. The summed E-state index contributed by atoms with van der Waals surface area (Å²) < 4.78 is 41.1. The molecule has 0 atom stereocenters. The summed E-state index contributed by atoms with van der Waals surface area (Å²) in [7, 11) is 0. The number of fused-ring (bicyclic) bond motifs is 1. The number of nitrogens with one attached hydrogen (secondary N) is 1. The number of carbonyl (C=O) groups excluding carboxylic acids is 1. The minimum atomic E-state index is -4.73. The van der Waals surface area contributed by atoms with Gasteiger partial charge in [-0.2, -0.15) is 0 Å². The van der Waals surface area contributed by atoms with E-state index in [0.717, 1.165) is 15.6 Å². The molecule has 1 amide bonds. The first-order valence-corrected chi connectivity index (χ1v) is 7.75. The molecule has 0 saturated carbocycles. The Hall–Kier alpha value is -2.22. The number of amides is 1. The minimum absolute atomic E-state index is 0.175. The van der Waals surface area contributed by atoms with Crippen molar-refractivity contribution in [2.75, 3.05) is 5.43 Å². The number of aryl methyl sites for hydroxylation is 1. The van der Waals surface area contributed by atoms with E-state index in [9.17, 15) is 18.0 Å². The van der Waals surface area contributed by atoms with E-state index in [1.807, 2.05) is 19.1 Å². The molecule has 0 spiro atoms. The Labute approximate surface area is 144 Å². The van der Waals surface area contributed by atoms with E-state index in [1.165, 1.54) is 29.3 Å². The molecule has 24 heavy (non-hydrogen) atoms. The van der Waals surface area contributed by atoms with Crippen molar-refractivity contribution in [2.45, 2.75) is 19.8 Å². The lowest BCUT2D eigenvalue weighted by Gasteiger charge is -2.18. The van der Waals surface area contributed by atoms with Crippen LogP contribution in [-0.4, -0.2) is 17.3 Å². The first-order valence-electron chi connectivity index (χ1n) is 6.96. The molecule has 1 N–H and O–H groups in total. The van der Waals surface area contributed by atoms with Crippen LogP contribution in [0.5, 0.6) is 5.75 Å². The molecular weight excluding hydrogens is 389 g/mol. The summed E-state index contributed by atoms with van der Waals surface area (Å²) in [6, 6.07) is 8.95. The molecule has 0 bridgehead atoms. The minimum Gasteiger partial charge on any atom is -0.406 e. The largest absolute Gasteiger partial charge is 0.573 e. The van der Waals surface area contributed by atoms with Gasteiger partial charge in [-0.25, -0.2) is 5.01 Å². The second kappa shape index (κ2) is 6.01. The van der Waals surface area contributed by atoms with Crippen LogP contribution < -0.4 is 10.2 Å². The zero-order valence-corrected chi connectivity index (χ0v) is 14.0. The number of hydrogen-bond acceptors (Lipinski definition) is 3. The molecule has 0 aliphatic carbocycles. The van der Waals surface area contributed by atoms with Crippen LogP contribution in [0.2, 0.25) is 0 Å². The average Bonchev–Trinajstić information content (AvgIpc) is 2.76. The normalized spacial score (nSPS) is 13.9. The number of anilines is 1. The zero-order chi connectivity index (χ0) is 17.5. The third-order valence-electron chi connectivity index (χ3n) is 3.52. The number of hydrogen-bond donors (Lipinski definition) is 1. The summed E-state index contributed by atoms with van der Waals surface area (Å²) in [4.78, 5) is 12.5. The number of ether oxygens (including phenoxy) is 1. The van der Waals surface area contributed by atoms with Gasteiger partial charge in [0.25, 0.3) is 5.91 Å². The number of benzene rings is 2. The van der Waals surface area contributed by atoms with Crippen LogP contribution in [0.15, 0.2) is 40.9 Å². The fourth-order valence-corrected chi connectivity index (χ4v) is 3.22. The van der Waals surface area contributed by atoms with Crippen molar-refractivity contribution in [3.05, 3.63) is 57.6 Å². The lowest BCUT2D eigenvalue weighted by Crippen LogP contribution is -2.30. The van der Waals surface area contributed by atoms with Crippen LogP contribution in [0.4, 0.5) is 18.9 Å². The van der Waals surface area contributed by atoms with Crippen molar-refractivity contribution >= 4 is 27.5 Å². The molecule has 0 saturated heterocycles. The predicted octanol–water partition coefficient (Wildman–Crippen LogP) is 4.64. The number of carbonyl (C=O) groups is 1. The molecule has 0 unspecified atom stereocenters. The Bertz CT molecular complexity index is 791. The molecule has 2 aromatic carbocycles. The molecule has 0 radical (unpaired) electrons. The fourth-order valence-electron chi connectivity index (χ4n) is 2.60. The van der Waals surface area contributed by atoms with Crippen molar-refractivity contribution in [1.82, 2.24) is 5.01 Å². The van der Waals surface area contributed by atoms with Crippen LogP contribution in [0, 0.1) is 6.92 Å². The number of hydrazine groups is 1. The lowest BCUT2D eigenvalue weighted by atomic mass is 10.0. The Morgan fingerprint density at radius 2 is 1.88 bits per heavy atom. The van der Waals surface area contributed by atoms with Gasteiger partial charge in [-0.1, -0.05) is 15.9 Å². The van der Waals surface area contributed by atoms with Gasteiger partial charge in [-0.05, 0) is 54.4 Å². The highest BCUT2D eigenvalue weighted by Crippen LogP contribution is 2.30. The lowest BCUT2D eigenvalue weighted by molar-refractivity contribution is -0.274. The molecule has 4 nitrogen and oxygen atoms in total. The first kappa shape index (κ1) is 16.6. The van der Waals surface area contributed by atoms with Gasteiger partial charge >= 0.3 is 6.36 Å². The highest BCUT2D eigenvalue weighted by molar-refractivity contribution is 9.10. The highest BCUT2D eigenvalue weighted by atomic mass is 79.9. The first-order chi connectivity index (χ1) is 11.2. The van der Waals surface area contributed by atoms with Crippen LogP contribution in [0.25, 0.3) is 0 Å². The van der Waals surface area contributed by atoms with E-state index in [-0.39, 0.29) is 11.7 Å². The van der Waals surface area contributed by atoms with Crippen LogP contribution in [0.3, 0.4) is 0 Å². The van der Waals surface area contributed by atoms with Gasteiger partial charge in [-0.15, -0.1) is 13.2 Å². The second-order valence-corrected chi connectivity index (χ2v) is 6.25. The maximum Gasteiger partial charge on any atom is 0.573 e. The molecule has 0 fully saturated rings. The summed E-state index contributed by atoms with van der Waals surface area (Å²) in [6.07, 6.45) is -4.73. The van der Waals surface area contributed by atoms with E-state index in [2.05, 4.69) is 26.1 Å². The Balaban J connectivity index is 1.74. The topological polar surface area (TPSA) is 41.6 Å². The van der Waals surface area contributed by atoms with E-state index >= 15 is 0 Å². The second-order valence-electron chi connectivity index (χ2n) is 5.33. The predicted molar refractivity (Wildman–Crippen MR) is 85.5 cm³/mol. The summed E-state index contributed by atoms with van der Waals surface area (Å²) >= 11 is 3.40. The molecule has 1 aliphatic rings. The van der Waals surface area contributed by atoms with E-state index in [4.69, 9.17) is 0 Å². The molecule has 1 aliphatic heterocycles. The molecule has 3 rings (SSSR count). The van der Waals surface area contributed by atoms with E-state index in [0.29, 0.717) is 17.8 Å². The van der Waals surface area contributed by atoms with Gasteiger partial charge in [0.2, 0.25) is 0 Å².